The first kappa shape index (κ1) is 18.8. The Balaban J connectivity index is 1.84. The maximum absolute atomic E-state index is 12.4. The molecule has 0 saturated heterocycles. The molecular weight excluding hydrogens is 360 g/mol. The molecule has 0 atom stereocenters. The van der Waals surface area contributed by atoms with Gasteiger partial charge in [-0.05, 0) is 6.07 Å². The van der Waals surface area contributed by atoms with E-state index in [9.17, 15) is 31.1 Å². The molecule has 0 bridgehead atoms. The van der Waals surface area contributed by atoms with E-state index in [2.05, 4.69) is 20.3 Å². The first-order valence-electron chi connectivity index (χ1n) is 6.60. The Bertz CT molecular complexity index is 720. The summed E-state index contributed by atoms with van der Waals surface area (Å²) in [6.07, 6.45) is -5.73. The number of hydrogen-bond acceptors (Lipinski definition) is 4. The lowest BCUT2D eigenvalue weighted by molar-refractivity contribution is -0.182. The Morgan fingerprint density at radius 2 is 1.92 bits per heavy atom. The molecule has 0 aliphatic carbocycles. The Kier molecular flexibility index (Phi) is 5.35. The molecule has 2 heterocycles. The van der Waals surface area contributed by atoms with E-state index in [1.165, 1.54) is 6.20 Å². The van der Waals surface area contributed by atoms with E-state index in [0.29, 0.717) is 0 Å². The van der Waals surface area contributed by atoms with Gasteiger partial charge in [-0.2, -0.15) is 36.5 Å². The standard InChI is InChI=1S/C12H11F6N5O2/c13-11(14,15)6-25-7-23-4-8(3-19-23)20-10(24)5-22-2-1-9(21-22)12(16,17)18/h1-4H,5-7H2,(H,20,24). The fourth-order valence-electron chi connectivity index (χ4n) is 1.70. The number of nitrogens with one attached hydrogen (secondary N) is 1. The molecule has 0 aliphatic rings. The highest BCUT2D eigenvalue weighted by molar-refractivity contribution is 5.90. The summed E-state index contributed by atoms with van der Waals surface area (Å²) in [7, 11) is 0. The Morgan fingerprint density at radius 3 is 2.52 bits per heavy atom. The highest BCUT2D eigenvalue weighted by Gasteiger charge is 2.33. The second kappa shape index (κ2) is 7.13. The van der Waals surface area contributed by atoms with Crippen LogP contribution in [0.3, 0.4) is 0 Å². The van der Waals surface area contributed by atoms with E-state index in [1.54, 1.807) is 0 Å². The van der Waals surface area contributed by atoms with Gasteiger partial charge in [0.1, 0.15) is 19.9 Å². The molecule has 0 radical (unpaired) electrons. The predicted molar refractivity (Wildman–Crippen MR) is 70.1 cm³/mol. The largest absolute Gasteiger partial charge is 0.435 e. The average molecular weight is 371 g/mol. The predicted octanol–water partition coefficient (Wildman–Crippen LogP) is 2.27. The van der Waals surface area contributed by atoms with Crippen LogP contribution >= 0.6 is 0 Å². The molecule has 0 saturated carbocycles. The summed E-state index contributed by atoms with van der Waals surface area (Å²) in [5.74, 6) is -0.687. The molecular formula is C12H11F6N5O2. The van der Waals surface area contributed by atoms with E-state index >= 15 is 0 Å². The van der Waals surface area contributed by atoms with Crippen molar-refractivity contribution in [2.75, 3.05) is 11.9 Å². The number of ether oxygens (including phenoxy) is 1. The second-order valence-electron chi connectivity index (χ2n) is 4.81. The summed E-state index contributed by atoms with van der Waals surface area (Å²) < 4.78 is 79.2. The molecule has 0 aliphatic heterocycles. The van der Waals surface area contributed by atoms with Crippen molar-refractivity contribution in [3.63, 3.8) is 0 Å². The maximum Gasteiger partial charge on any atom is 0.435 e. The minimum Gasteiger partial charge on any atom is -0.350 e. The average Bonchev–Trinajstić information content (AvgIpc) is 3.06. The number of aromatic nitrogens is 4. The van der Waals surface area contributed by atoms with E-state index in [4.69, 9.17) is 0 Å². The van der Waals surface area contributed by atoms with Gasteiger partial charge in [0.05, 0.1) is 18.1 Å². The van der Waals surface area contributed by atoms with Crippen molar-refractivity contribution >= 4 is 11.6 Å². The zero-order valence-electron chi connectivity index (χ0n) is 12.3. The normalized spacial score (nSPS) is 12.4. The zero-order chi connectivity index (χ0) is 18.7. The Morgan fingerprint density at radius 1 is 1.20 bits per heavy atom. The van der Waals surface area contributed by atoms with Gasteiger partial charge < -0.3 is 10.1 Å². The van der Waals surface area contributed by atoms with E-state index in [1.807, 2.05) is 0 Å². The summed E-state index contributed by atoms with van der Waals surface area (Å²) in [5, 5.41) is 9.21. The van der Waals surface area contributed by atoms with Gasteiger partial charge in [0.15, 0.2) is 5.69 Å². The summed E-state index contributed by atoms with van der Waals surface area (Å²) in [5.41, 5.74) is -0.987. The van der Waals surface area contributed by atoms with Crippen molar-refractivity contribution in [3.8, 4) is 0 Å². The van der Waals surface area contributed by atoms with Gasteiger partial charge in [-0.3, -0.25) is 9.48 Å². The van der Waals surface area contributed by atoms with Gasteiger partial charge in [0.25, 0.3) is 0 Å². The van der Waals surface area contributed by atoms with E-state index in [-0.39, 0.29) is 5.69 Å². The Hall–Kier alpha value is -2.57. The lowest BCUT2D eigenvalue weighted by Gasteiger charge is -2.07. The molecule has 0 aromatic carbocycles. The number of hydrogen-bond donors (Lipinski definition) is 1. The number of halogens is 6. The van der Waals surface area contributed by atoms with Crippen LogP contribution in [0.15, 0.2) is 24.7 Å². The van der Waals surface area contributed by atoms with Crippen LogP contribution in [0.4, 0.5) is 32.0 Å². The minimum absolute atomic E-state index is 0.142. The summed E-state index contributed by atoms with van der Waals surface area (Å²) in [6.45, 7) is -2.41. The molecule has 0 spiro atoms. The van der Waals surface area contributed by atoms with Gasteiger partial charge in [0.2, 0.25) is 5.91 Å². The number of amides is 1. The molecule has 1 N–H and O–H groups in total. The fraction of sp³-hybridized carbons (Fsp3) is 0.417. The number of carbonyl (C=O) groups is 1. The van der Waals surface area contributed by atoms with Gasteiger partial charge in [-0.25, -0.2) is 4.68 Å². The molecule has 1 amide bonds. The molecule has 0 fully saturated rings. The molecule has 2 rings (SSSR count). The first-order chi connectivity index (χ1) is 11.5. The lowest BCUT2D eigenvalue weighted by atomic mass is 10.4. The third-order valence-corrected chi connectivity index (χ3v) is 2.64. The number of rotatable bonds is 6. The van der Waals surface area contributed by atoms with Crippen LogP contribution in [0.1, 0.15) is 5.69 Å². The molecule has 0 unspecified atom stereocenters. The first-order valence-corrected chi connectivity index (χ1v) is 6.60. The minimum atomic E-state index is -4.61. The van der Waals surface area contributed by atoms with Gasteiger partial charge in [0, 0.05) is 6.20 Å². The van der Waals surface area contributed by atoms with Crippen molar-refractivity contribution in [2.45, 2.75) is 25.6 Å². The lowest BCUT2D eigenvalue weighted by Crippen LogP contribution is -2.19. The monoisotopic (exact) mass is 371 g/mol. The Labute approximate surface area is 136 Å². The summed E-state index contributed by atoms with van der Waals surface area (Å²) >= 11 is 0. The summed E-state index contributed by atoms with van der Waals surface area (Å²) in [6, 6.07) is 0.725. The van der Waals surface area contributed by atoms with Crippen LogP contribution in [0, 0.1) is 0 Å². The van der Waals surface area contributed by atoms with Crippen LogP contribution in [0.25, 0.3) is 0 Å². The van der Waals surface area contributed by atoms with Crippen LogP contribution in [-0.4, -0.2) is 38.3 Å². The smallest absolute Gasteiger partial charge is 0.350 e. The quantitative estimate of drug-likeness (QED) is 0.791. The van der Waals surface area contributed by atoms with E-state index in [0.717, 1.165) is 27.8 Å². The van der Waals surface area contributed by atoms with Crippen LogP contribution in [0.5, 0.6) is 0 Å². The third kappa shape index (κ3) is 6.10. The highest BCUT2D eigenvalue weighted by atomic mass is 19.4. The number of carbonyl (C=O) groups excluding carboxylic acids is 1. The molecule has 138 valence electrons. The van der Waals surface area contributed by atoms with Gasteiger partial charge in [-0.1, -0.05) is 0 Å². The molecule has 2 aromatic heterocycles. The number of alkyl halides is 6. The highest BCUT2D eigenvalue weighted by Crippen LogP contribution is 2.27. The van der Waals surface area contributed by atoms with Crippen LogP contribution in [0.2, 0.25) is 0 Å². The molecule has 7 nitrogen and oxygen atoms in total. The zero-order valence-corrected chi connectivity index (χ0v) is 12.3. The van der Waals surface area contributed by atoms with Gasteiger partial charge in [-0.15, -0.1) is 0 Å². The molecule has 2 aromatic rings. The SMILES string of the molecule is O=C(Cn1ccc(C(F)(F)F)n1)Nc1cnn(COCC(F)(F)F)c1. The molecule has 25 heavy (non-hydrogen) atoms. The third-order valence-electron chi connectivity index (χ3n) is 2.64. The van der Waals surface area contributed by atoms with Crippen LogP contribution < -0.4 is 5.32 Å². The van der Waals surface area contributed by atoms with Gasteiger partial charge >= 0.3 is 12.4 Å². The van der Waals surface area contributed by atoms with Crippen molar-refractivity contribution in [1.82, 2.24) is 19.6 Å². The van der Waals surface area contributed by atoms with Crippen molar-refractivity contribution in [1.29, 1.82) is 0 Å². The van der Waals surface area contributed by atoms with Crippen molar-refractivity contribution < 1.29 is 35.9 Å². The molecule has 13 heteroatoms. The summed E-state index contributed by atoms with van der Waals surface area (Å²) in [4.78, 5) is 11.7. The maximum atomic E-state index is 12.4. The fourth-order valence-corrected chi connectivity index (χ4v) is 1.70. The van der Waals surface area contributed by atoms with E-state index < -0.39 is 43.8 Å². The van der Waals surface area contributed by atoms with Crippen LogP contribution in [-0.2, 0) is 29.0 Å². The number of anilines is 1. The second-order valence-corrected chi connectivity index (χ2v) is 4.81. The van der Waals surface area contributed by atoms with Crippen molar-refractivity contribution in [2.24, 2.45) is 0 Å². The topological polar surface area (TPSA) is 74.0 Å². The van der Waals surface area contributed by atoms with Crippen molar-refractivity contribution in [3.05, 3.63) is 30.4 Å². The number of nitrogens with zero attached hydrogens (tertiary/aromatic N) is 4.